The first-order valence-corrected chi connectivity index (χ1v) is 14.8. The van der Waals surface area contributed by atoms with Crippen molar-refractivity contribution in [1.82, 2.24) is 15.0 Å². The molecule has 0 saturated heterocycles. The Kier molecular flexibility index (Phi) is 2.91. The number of para-hydroxylation sites is 1. The molecule has 0 radical (unpaired) electrons. The summed E-state index contributed by atoms with van der Waals surface area (Å²) in [4.78, 5) is 13.5. The summed E-state index contributed by atoms with van der Waals surface area (Å²) in [5.41, 5.74) is -6.16. The minimum absolute atomic E-state index is 0.455. The highest BCUT2D eigenvalue weighted by Gasteiger charge is 2.19. The molecule has 0 fully saturated rings. The van der Waals surface area contributed by atoms with E-state index in [4.69, 9.17) is 33.2 Å². The van der Waals surface area contributed by atoms with Crippen LogP contribution in [0.3, 0.4) is 0 Å². The Morgan fingerprint density at radius 2 is 1.02 bits per heavy atom. The quantitative estimate of drug-likeness (QED) is 0.182. The van der Waals surface area contributed by atoms with Gasteiger partial charge in [-0.2, -0.15) is 0 Å². The monoisotopic (exact) mass is 679 g/mol. The maximum Gasteiger partial charge on any atom is 0.164 e. The fourth-order valence-electron chi connectivity index (χ4n) is 5.45. The summed E-state index contributed by atoms with van der Waals surface area (Å²) in [6.45, 7) is 0. The summed E-state index contributed by atoms with van der Waals surface area (Å²) in [6, 6.07) is -23.8. The van der Waals surface area contributed by atoms with Gasteiger partial charge in [-0.05, 0) is 74.0 Å². The largest absolute Gasteiger partial charge is 0.456 e. The van der Waals surface area contributed by atoms with E-state index in [1.54, 1.807) is 0 Å². The van der Waals surface area contributed by atoms with E-state index >= 15 is 0 Å². The maximum absolute atomic E-state index is 9.71. The van der Waals surface area contributed by atoms with Crippen LogP contribution in [-0.2, 0) is 0 Å². The van der Waals surface area contributed by atoms with Crippen LogP contribution < -0.4 is 0 Å². The SMILES string of the molecule is [2H]c1cc(-c2nc(-c3c([2H])c([2H])c(-c4c([2H])c([2H])c5c([2H])c([2H])c([2H])c([2H])c5c4[2H])c4c([2H])c([2H])c([2H])c([2H])c34)nc(-c3c([2H])c([2H])c([2H])c4oc5c([2H])c([2H])c([2H])c([2H])c5c34)n2)c([2H])c(-c2c([2H])c([2H])c([2H])c([2H])c2[2H])c1[2H]. The van der Waals surface area contributed by atoms with Gasteiger partial charge in [-0.25, -0.2) is 15.0 Å². The second-order valence-corrected chi connectivity index (χ2v) is 10.6. The van der Waals surface area contributed by atoms with E-state index in [0.717, 1.165) is 6.07 Å². The van der Waals surface area contributed by atoms with Crippen LogP contribution in [0.1, 0.15) is 38.4 Å². The molecule has 0 aliphatic heterocycles. The molecule has 0 N–H and O–H groups in total. The lowest BCUT2D eigenvalue weighted by Gasteiger charge is -2.14. The standard InChI is InChI=1S/C47H29N3O/c1-2-12-30(13-3-1)33-16-10-17-35(29-33)45-48-46(50-47(49-45)41-21-11-23-43-44(41)40-20-8-9-22-42(40)51-43)39-27-26-36(37-18-6-7-19-38(37)39)34-25-24-31-14-4-5-15-32(31)28-34/h1-29H/i1D,2D,3D,4D,5D,6D,7D,8D,9D,10D,11D,12D,13D,14D,15D,16D,18D,19D,20D,21D,22D,23D,24D,25D,26D,27D,28D,29D. The Labute approximate surface area is 333 Å². The van der Waals surface area contributed by atoms with Gasteiger partial charge in [0.2, 0.25) is 0 Å². The summed E-state index contributed by atoms with van der Waals surface area (Å²) < 4.78 is 254. The number of aromatic nitrogens is 3. The average molecular weight is 680 g/mol. The Bertz CT molecular complexity index is 4510. The van der Waals surface area contributed by atoms with E-state index in [1.807, 2.05) is 0 Å². The van der Waals surface area contributed by atoms with Crippen molar-refractivity contribution in [3.8, 4) is 56.4 Å². The molecule has 0 aliphatic rings. The van der Waals surface area contributed by atoms with Gasteiger partial charge in [0.1, 0.15) is 11.2 Å². The van der Waals surface area contributed by atoms with Gasteiger partial charge in [-0.1, -0.05) is 145 Å². The van der Waals surface area contributed by atoms with Crippen molar-refractivity contribution in [1.29, 1.82) is 0 Å². The maximum atomic E-state index is 9.71. The van der Waals surface area contributed by atoms with Crippen molar-refractivity contribution in [2.45, 2.75) is 0 Å². The average Bonchev–Trinajstić information content (AvgIpc) is 3.86. The van der Waals surface area contributed by atoms with Crippen molar-refractivity contribution in [2.75, 3.05) is 0 Å². The van der Waals surface area contributed by atoms with Gasteiger partial charge in [-0.15, -0.1) is 0 Å². The van der Waals surface area contributed by atoms with Gasteiger partial charge in [0.15, 0.2) is 17.5 Å². The van der Waals surface area contributed by atoms with Crippen molar-refractivity contribution in [2.24, 2.45) is 0 Å². The van der Waals surface area contributed by atoms with Gasteiger partial charge in [0.25, 0.3) is 0 Å². The fraction of sp³-hybridized carbons (Fsp3) is 0. The van der Waals surface area contributed by atoms with Crippen molar-refractivity contribution in [3.05, 3.63) is 175 Å². The normalized spacial score (nSPS) is 19.2. The van der Waals surface area contributed by atoms with Crippen LogP contribution in [-0.4, -0.2) is 15.0 Å². The van der Waals surface area contributed by atoms with Crippen LogP contribution in [0, 0.1) is 0 Å². The molecule has 4 heteroatoms. The molecule has 4 nitrogen and oxygen atoms in total. The molecule has 8 aromatic carbocycles. The lowest BCUT2D eigenvalue weighted by Crippen LogP contribution is -2.01. The minimum atomic E-state index is -1.06. The molecule has 0 bridgehead atoms. The zero-order valence-electron chi connectivity index (χ0n) is 53.3. The highest BCUT2D eigenvalue weighted by molar-refractivity contribution is 6.12. The number of furan rings is 1. The third-order valence-electron chi connectivity index (χ3n) is 7.69. The van der Waals surface area contributed by atoms with Crippen LogP contribution in [0.15, 0.2) is 180 Å². The summed E-state index contributed by atoms with van der Waals surface area (Å²) in [5.74, 6) is -2.51. The molecule has 0 saturated carbocycles. The van der Waals surface area contributed by atoms with Crippen LogP contribution in [0.5, 0.6) is 0 Å². The number of nitrogens with zero attached hydrogens (tertiary/aromatic N) is 3. The summed E-state index contributed by atoms with van der Waals surface area (Å²) in [6.07, 6.45) is 0. The fourth-order valence-corrected chi connectivity index (χ4v) is 5.45. The Morgan fingerprint density at radius 3 is 1.88 bits per heavy atom. The van der Waals surface area contributed by atoms with Gasteiger partial charge in [0, 0.05) is 27.5 Å². The van der Waals surface area contributed by atoms with E-state index in [2.05, 4.69) is 15.0 Å². The number of rotatable bonds is 5. The molecule has 0 aliphatic carbocycles. The Hall–Kier alpha value is -6.91. The molecule has 0 unspecified atom stereocenters. The summed E-state index contributed by atoms with van der Waals surface area (Å²) >= 11 is 0. The molecular formula is C47H29N3O. The highest BCUT2D eigenvalue weighted by atomic mass is 16.3. The second-order valence-electron chi connectivity index (χ2n) is 10.6. The molecule has 0 amide bonds. The number of hydrogen-bond acceptors (Lipinski definition) is 4. The molecule has 10 rings (SSSR count). The molecule has 238 valence electrons. The smallest absolute Gasteiger partial charge is 0.164 e. The van der Waals surface area contributed by atoms with Gasteiger partial charge in [0.05, 0.1) is 38.4 Å². The zero-order valence-corrected chi connectivity index (χ0v) is 25.3. The van der Waals surface area contributed by atoms with Crippen LogP contribution in [0.25, 0.3) is 99.9 Å². The van der Waals surface area contributed by atoms with E-state index in [-0.39, 0.29) is 0 Å². The first kappa shape index (κ1) is 12.4. The van der Waals surface area contributed by atoms with Gasteiger partial charge in [-0.3, -0.25) is 0 Å². The van der Waals surface area contributed by atoms with Gasteiger partial charge >= 0.3 is 0 Å². The first-order chi connectivity index (χ1) is 36.9. The molecular weight excluding hydrogens is 623 g/mol. The Balaban J connectivity index is 1.43. The van der Waals surface area contributed by atoms with Crippen molar-refractivity contribution < 1.29 is 42.8 Å². The number of hydrogen-bond donors (Lipinski definition) is 0. The lowest BCUT2D eigenvalue weighted by molar-refractivity contribution is 0.669. The topological polar surface area (TPSA) is 51.8 Å². The number of benzene rings is 8. The molecule has 51 heavy (non-hydrogen) atoms. The van der Waals surface area contributed by atoms with Crippen molar-refractivity contribution >= 4 is 43.5 Å². The number of fused-ring (bicyclic) bond motifs is 5. The molecule has 0 atom stereocenters. The second kappa shape index (κ2) is 11.9. The van der Waals surface area contributed by atoms with Gasteiger partial charge < -0.3 is 4.42 Å². The zero-order chi connectivity index (χ0) is 58.1. The van der Waals surface area contributed by atoms with E-state index in [1.165, 1.54) is 0 Å². The van der Waals surface area contributed by atoms with Crippen molar-refractivity contribution in [3.63, 3.8) is 0 Å². The third kappa shape index (κ3) is 5.04. The van der Waals surface area contributed by atoms with E-state index in [0.29, 0.717) is 0 Å². The summed E-state index contributed by atoms with van der Waals surface area (Å²) in [5, 5.41) is -3.56. The predicted molar refractivity (Wildman–Crippen MR) is 209 cm³/mol. The molecule has 2 aromatic heterocycles. The van der Waals surface area contributed by atoms with E-state index in [9.17, 15) is 9.60 Å². The summed E-state index contributed by atoms with van der Waals surface area (Å²) in [7, 11) is 0. The lowest BCUT2D eigenvalue weighted by atomic mass is 9.93. The van der Waals surface area contributed by atoms with Crippen LogP contribution in [0.4, 0.5) is 0 Å². The van der Waals surface area contributed by atoms with Crippen LogP contribution in [0.2, 0.25) is 0 Å². The predicted octanol–water partition coefficient (Wildman–Crippen LogP) is 12.4. The third-order valence-corrected chi connectivity index (χ3v) is 7.69. The highest BCUT2D eigenvalue weighted by Crippen LogP contribution is 2.39. The molecule has 2 heterocycles. The van der Waals surface area contributed by atoms with Crippen LogP contribution >= 0.6 is 0 Å². The minimum Gasteiger partial charge on any atom is -0.456 e. The molecule has 10 aromatic rings. The Morgan fingerprint density at radius 1 is 0.373 bits per heavy atom. The molecule has 0 spiro atoms. The first-order valence-electron chi connectivity index (χ1n) is 28.8. The van der Waals surface area contributed by atoms with E-state index < -0.39 is 269 Å².